The van der Waals surface area contributed by atoms with Crippen LogP contribution >= 0.6 is 0 Å². The lowest BCUT2D eigenvalue weighted by Crippen LogP contribution is -2.09. The molecule has 1 aromatic heterocycles. The minimum Gasteiger partial charge on any atom is -0.493 e. The van der Waals surface area contributed by atoms with E-state index in [9.17, 15) is 0 Å². The number of hydrogen-bond donors (Lipinski definition) is 0. The van der Waals surface area contributed by atoms with Crippen molar-refractivity contribution < 1.29 is 9.15 Å². The highest BCUT2D eigenvalue weighted by molar-refractivity contribution is 5.27. The van der Waals surface area contributed by atoms with Gasteiger partial charge in [-0.25, -0.2) is 0 Å². The third-order valence-corrected chi connectivity index (χ3v) is 1.62. The van der Waals surface area contributed by atoms with E-state index in [4.69, 9.17) is 9.15 Å². The third kappa shape index (κ3) is 2.01. The van der Waals surface area contributed by atoms with E-state index in [0.717, 1.165) is 23.8 Å². The van der Waals surface area contributed by atoms with Crippen LogP contribution in [0, 0.1) is 6.92 Å². The Morgan fingerprint density at radius 1 is 1.50 bits per heavy atom. The Morgan fingerprint density at radius 3 is 2.58 bits per heavy atom. The van der Waals surface area contributed by atoms with Crippen LogP contribution in [0.2, 0.25) is 0 Å². The molecule has 3 heteroatoms. The van der Waals surface area contributed by atoms with Gasteiger partial charge in [0.2, 0.25) is 0 Å². The van der Waals surface area contributed by atoms with Gasteiger partial charge in [-0.2, -0.15) is 0 Å². The van der Waals surface area contributed by atoms with Gasteiger partial charge in [-0.15, -0.1) is 0 Å². The fourth-order valence-electron chi connectivity index (χ4n) is 1.12. The number of furan rings is 1. The highest BCUT2D eigenvalue weighted by Crippen LogP contribution is 2.22. The van der Waals surface area contributed by atoms with Crippen LogP contribution in [-0.4, -0.2) is 26.1 Å². The summed E-state index contributed by atoms with van der Waals surface area (Å²) < 4.78 is 10.5. The van der Waals surface area contributed by atoms with Gasteiger partial charge in [0.25, 0.3) is 0 Å². The predicted octanol–water partition coefficient (Wildman–Crippen LogP) is 1.66. The van der Waals surface area contributed by atoms with E-state index < -0.39 is 0 Å². The normalized spacial score (nSPS) is 10.8. The second-order valence-corrected chi connectivity index (χ2v) is 3.08. The van der Waals surface area contributed by atoms with Gasteiger partial charge in [0.1, 0.15) is 11.5 Å². The summed E-state index contributed by atoms with van der Waals surface area (Å²) in [5.41, 5.74) is 0. The zero-order valence-electron chi connectivity index (χ0n) is 8.05. The molecule has 1 aromatic rings. The molecule has 0 aliphatic rings. The molecule has 0 saturated heterocycles. The zero-order valence-corrected chi connectivity index (χ0v) is 8.05. The van der Waals surface area contributed by atoms with Crippen LogP contribution in [0.3, 0.4) is 0 Å². The number of hydrogen-bond acceptors (Lipinski definition) is 3. The van der Waals surface area contributed by atoms with Crippen LogP contribution in [0.15, 0.2) is 10.5 Å². The van der Waals surface area contributed by atoms with Gasteiger partial charge in [0, 0.05) is 6.07 Å². The molecule has 3 nitrogen and oxygen atoms in total. The van der Waals surface area contributed by atoms with E-state index in [1.54, 1.807) is 7.11 Å². The molecule has 68 valence electrons. The predicted molar refractivity (Wildman–Crippen MR) is 47.4 cm³/mol. The molecule has 0 saturated carbocycles. The fourth-order valence-corrected chi connectivity index (χ4v) is 1.12. The van der Waals surface area contributed by atoms with Crippen molar-refractivity contribution in [3.05, 3.63) is 17.6 Å². The lowest BCUT2D eigenvalue weighted by molar-refractivity contribution is 0.342. The van der Waals surface area contributed by atoms with E-state index in [0.29, 0.717) is 0 Å². The maximum Gasteiger partial charge on any atom is 0.160 e. The SMILES string of the molecule is COc1cc(CN(C)C)oc1C. The maximum absolute atomic E-state index is 5.45. The van der Waals surface area contributed by atoms with Crippen molar-refractivity contribution in [3.63, 3.8) is 0 Å². The molecule has 0 aliphatic carbocycles. The van der Waals surface area contributed by atoms with Crippen LogP contribution in [0.1, 0.15) is 11.5 Å². The lowest BCUT2D eigenvalue weighted by Gasteiger charge is -2.04. The highest BCUT2D eigenvalue weighted by Gasteiger charge is 2.07. The summed E-state index contributed by atoms with van der Waals surface area (Å²) in [4.78, 5) is 2.05. The van der Waals surface area contributed by atoms with Crippen LogP contribution < -0.4 is 4.74 Å². The third-order valence-electron chi connectivity index (χ3n) is 1.62. The van der Waals surface area contributed by atoms with Crippen molar-refractivity contribution in [1.29, 1.82) is 0 Å². The zero-order chi connectivity index (χ0) is 9.14. The Labute approximate surface area is 72.9 Å². The van der Waals surface area contributed by atoms with Crippen LogP contribution in [0.25, 0.3) is 0 Å². The van der Waals surface area contributed by atoms with Crippen LogP contribution in [-0.2, 0) is 6.54 Å². The summed E-state index contributed by atoms with van der Waals surface area (Å²) in [6, 6.07) is 1.93. The van der Waals surface area contributed by atoms with Crippen LogP contribution in [0.4, 0.5) is 0 Å². The molecule has 0 amide bonds. The topological polar surface area (TPSA) is 25.6 Å². The molecule has 0 unspecified atom stereocenters. The van der Waals surface area contributed by atoms with Gasteiger partial charge >= 0.3 is 0 Å². The molecule has 0 N–H and O–H groups in total. The quantitative estimate of drug-likeness (QED) is 0.688. The molecule has 0 bridgehead atoms. The monoisotopic (exact) mass is 169 g/mol. The Morgan fingerprint density at radius 2 is 2.17 bits per heavy atom. The molecule has 0 aromatic carbocycles. The molecule has 0 atom stereocenters. The Kier molecular flexibility index (Phi) is 2.76. The minimum absolute atomic E-state index is 0.810. The van der Waals surface area contributed by atoms with E-state index in [-0.39, 0.29) is 0 Å². The summed E-state index contributed by atoms with van der Waals surface area (Å²) >= 11 is 0. The van der Waals surface area contributed by atoms with Crippen molar-refractivity contribution in [2.24, 2.45) is 0 Å². The molecular weight excluding hydrogens is 154 g/mol. The first-order chi connectivity index (χ1) is 5.63. The molecule has 0 fully saturated rings. The van der Waals surface area contributed by atoms with Crippen molar-refractivity contribution in [1.82, 2.24) is 4.90 Å². The summed E-state index contributed by atoms with van der Waals surface area (Å²) in [7, 11) is 5.66. The molecular formula is C9H15NO2. The highest BCUT2D eigenvalue weighted by atomic mass is 16.5. The first kappa shape index (κ1) is 9.13. The van der Waals surface area contributed by atoms with E-state index in [1.807, 2.05) is 27.1 Å². The first-order valence-corrected chi connectivity index (χ1v) is 3.91. The average molecular weight is 169 g/mol. The molecule has 1 heterocycles. The van der Waals surface area contributed by atoms with Crippen LogP contribution in [0.5, 0.6) is 5.75 Å². The van der Waals surface area contributed by atoms with Crippen molar-refractivity contribution in [2.45, 2.75) is 13.5 Å². The number of ether oxygens (including phenoxy) is 1. The Balaban J connectivity index is 2.75. The summed E-state index contributed by atoms with van der Waals surface area (Å²) in [6.07, 6.45) is 0. The fraction of sp³-hybridized carbons (Fsp3) is 0.556. The average Bonchev–Trinajstić information content (AvgIpc) is 2.29. The Bertz CT molecular complexity index is 253. The van der Waals surface area contributed by atoms with Crippen molar-refractivity contribution >= 4 is 0 Å². The number of aryl methyl sites for hydroxylation is 1. The second-order valence-electron chi connectivity index (χ2n) is 3.08. The number of methoxy groups -OCH3 is 1. The Hall–Kier alpha value is -0.960. The molecule has 0 radical (unpaired) electrons. The first-order valence-electron chi connectivity index (χ1n) is 3.91. The number of rotatable bonds is 3. The van der Waals surface area contributed by atoms with Crippen molar-refractivity contribution in [3.8, 4) is 5.75 Å². The standard InChI is InChI=1S/C9H15NO2/c1-7-9(11-4)5-8(12-7)6-10(2)3/h5H,6H2,1-4H3. The minimum atomic E-state index is 0.810. The molecule has 0 spiro atoms. The molecule has 0 aliphatic heterocycles. The van der Waals surface area contributed by atoms with Gasteiger partial charge in [0.05, 0.1) is 13.7 Å². The lowest BCUT2D eigenvalue weighted by atomic mass is 10.4. The van der Waals surface area contributed by atoms with Gasteiger partial charge in [-0.05, 0) is 21.0 Å². The molecule has 12 heavy (non-hydrogen) atoms. The van der Waals surface area contributed by atoms with Gasteiger partial charge in [0.15, 0.2) is 5.75 Å². The van der Waals surface area contributed by atoms with E-state index in [1.165, 1.54) is 0 Å². The summed E-state index contributed by atoms with van der Waals surface area (Å²) in [6.45, 7) is 2.71. The molecule has 1 rings (SSSR count). The largest absolute Gasteiger partial charge is 0.493 e. The summed E-state index contributed by atoms with van der Waals surface area (Å²) in [5.74, 6) is 2.61. The van der Waals surface area contributed by atoms with E-state index in [2.05, 4.69) is 4.90 Å². The van der Waals surface area contributed by atoms with Crippen molar-refractivity contribution in [2.75, 3.05) is 21.2 Å². The number of nitrogens with zero attached hydrogens (tertiary/aromatic N) is 1. The maximum atomic E-state index is 5.45. The second kappa shape index (κ2) is 3.63. The summed E-state index contributed by atoms with van der Waals surface area (Å²) in [5, 5.41) is 0. The van der Waals surface area contributed by atoms with Gasteiger partial charge < -0.3 is 14.1 Å². The smallest absolute Gasteiger partial charge is 0.160 e. The van der Waals surface area contributed by atoms with E-state index >= 15 is 0 Å². The van der Waals surface area contributed by atoms with Gasteiger partial charge in [-0.1, -0.05) is 0 Å². The van der Waals surface area contributed by atoms with Gasteiger partial charge in [-0.3, -0.25) is 0 Å².